The lowest BCUT2D eigenvalue weighted by atomic mass is 9.90. The molecule has 0 heterocycles. The molecule has 2 atom stereocenters. The van der Waals surface area contributed by atoms with Crippen LogP contribution in [-0.4, -0.2) is 6.04 Å². The van der Waals surface area contributed by atoms with E-state index in [2.05, 4.69) is 32.9 Å². The van der Waals surface area contributed by atoms with Gasteiger partial charge in [0.2, 0.25) is 0 Å². The predicted octanol–water partition coefficient (Wildman–Crippen LogP) is 3.11. The maximum Gasteiger partial charge on any atom is 0.00674 e. The summed E-state index contributed by atoms with van der Waals surface area (Å²) in [4.78, 5) is 0. The van der Waals surface area contributed by atoms with E-state index < -0.39 is 0 Å². The SMILES string of the molecule is C/C=C\CC(CCC)C(N)CC. The normalized spacial score (nSPS) is 16.7. The molecule has 0 amide bonds. The Labute approximate surface area is 77.0 Å². The number of hydrogen-bond acceptors (Lipinski definition) is 1. The number of nitrogens with two attached hydrogens (primary N) is 1. The van der Waals surface area contributed by atoms with Crippen molar-refractivity contribution in [3.8, 4) is 0 Å². The first kappa shape index (κ1) is 11.7. The first-order chi connectivity index (χ1) is 5.76. The van der Waals surface area contributed by atoms with E-state index in [0.717, 1.165) is 12.8 Å². The summed E-state index contributed by atoms with van der Waals surface area (Å²) in [5, 5.41) is 0. The fourth-order valence-corrected chi connectivity index (χ4v) is 1.52. The topological polar surface area (TPSA) is 26.0 Å². The predicted molar refractivity (Wildman–Crippen MR) is 56.1 cm³/mol. The molecule has 0 aliphatic carbocycles. The summed E-state index contributed by atoms with van der Waals surface area (Å²) >= 11 is 0. The second kappa shape index (κ2) is 7.35. The van der Waals surface area contributed by atoms with E-state index in [1.54, 1.807) is 0 Å². The van der Waals surface area contributed by atoms with E-state index in [9.17, 15) is 0 Å². The summed E-state index contributed by atoms with van der Waals surface area (Å²) < 4.78 is 0. The van der Waals surface area contributed by atoms with Crippen LogP contribution in [0.3, 0.4) is 0 Å². The van der Waals surface area contributed by atoms with Crippen molar-refractivity contribution in [3.05, 3.63) is 12.2 Å². The molecular weight excluding hydrogens is 146 g/mol. The van der Waals surface area contributed by atoms with Gasteiger partial charge in [0.1, 0.15) is 0 Å². The molecule has 1 nitrogen and oxygen atoms in total. The van der Waals surface area contributed by atoms with Crippen LogP contribution in [-0.2, 0) is 0 Å². The molecule has 72 valence electrons. The third-order valence-corrected chi connectivity index (χ3v) is 2.41. The van der Waals surface area contributed by atoms with Crippen molar-refractivity contribution in [2.45, 2.75) is 52.5 Å². The molecule has 2 unspecified atom stereocenters. The quantitative estimate of drug-likeness (QED) is 0.607. The van der Waals surface area contributed by atoms with Crippen molar-refractivity contribution in [1.29, 1.82) is 0 Å². The fourth-order valence-electron chi connectivity index (χ4n) is 1.52. The zero-order valence-corrected chi connectivity index (χ0v) is 8.72. The smallest absolute Gasteiger partial charge is 0.00674 e. The van der Waals surface area contributed by atoms with Gasteiger partial charge in [-0.3, -0.25) is 0 Å². The lowest BCUT2D eigenvalue weighted by Crippen LogP contribution is -2.28. The van der Waals surface area contributed by atoms with Gasteiger partial charge in [-0.1, -0.05) is 32.4 Å². The third-order valence-electron chi connectivity index (χ3n) is 2.41. The van der Waals surface area contributed by atoms with E-state index in [4.69, 9.17) is 5.73 Å². The van der Waals surface area contributed by atoms with Crippen LogP contribution in [0, 0.1) is 5.92 Å². The largest absolute Gasteiger partial charge is 0.327 e. The molecule has 0 saturated heterocycles. The minimum absolute atomic E-state index is 0.390. The van der Waals surface area contributed by atoms with Crippen molar-refractivity contribution < 1.29 is 0 Å². The van der Waals surface area contributed by atoms with Gasteiger partial charge in [0, 0.05) is 6.04 Å². The third kappa shape index (κ3) is 4.55. The number of allylic oxidation sites excluding steroid dienone is 2. The molecule has 0 rings (SSSR count). The van der Waals surface area contributed by atoms with Crippen LogP contribution in [0.1, 0.15) is 46.5 Å². The molecule has 0 aliphatic rings. The molecule has 0 fully saturated rings. The molecular formula is C11H23N. The second-order valence-corrected chi connectivity index (χ2v) is 3.43. The molecule has 0 aromatic carbocycles. The molecule has 0 bridgehead atoms. The van der Waals surface area contributed by atoms with E-state index in [0.29, 0.717) is 12.0 Å². The Morgan fingerprint density at radius 1 is 1.33 bits per heavy atom. The molecule has 1 heteroatoms. The Kier molecular flexibility index (Phi) is 7.17. The molecule has 12 heavy (non-hydrogen) atoms. The minimum atomic E-state index is 0.390. The van der Waals surface area contributed by atoms with Crippen molar-refractivity contribution in [3.63, 3.8) is 0 Å². The van der Waals surface area contributed by atoms with Crippen molar-refractivity contribution in [1.82, 2.24) is 0 Å². The maximum atomic E-state index is 6.01. The van der Waals surface area contributed by atoms with Gasteiger partial charge in [-0.25, -0.2) is 0 Å². The van der Waals surface area contributed by atoms with Gasteiger partial charge in [-0.05, 0) is 32.1 Å². The zero-order chi connectivity index (χ0) is 9.40. The van der Waals surface area contributed by atoms with Gasteiger partial charge in [0.25, 0.3) is 0 Å². The van der Waals surface area contributed by atoms with E-state index in [1.807, 2.05) is 0 Å². The first-order valence-corrected chi connectivity index (χ1v) is 5.12. The lowest BCUT2D eigenvalue weighted by Gasteiger charge is -2.20. The highest BCUT2D eigenvalue weighted by atomic mass is 14.6. The molecule has 2 N–H and O–H groups in total. The minimum Gasteiger partial charge on any atom is -0.327 e. The summed E-state index contributed by atoms with van der Waals surface area (Å²) in [7, 11) is 0. The molecule has 0 spiro atoms. The Hall–Kier alpha value is -0.300. The van der Waals surface area contributed by atoms with Gasteiger partial charge in [-0.15, -0.1) is 0 Å². The lowest BCUT2D eigenvalue weighted by molar-refractivity contribution is 0.384. The average Bonchev–Trinajstić information content (AvgIpc) is 2.11. The average molecular weight is 169 g/mol. The standard InChI is InChI=1S/C11H23N/c1-4-7-9-10(8-5-2)11(12)6-3/h4,7,10-11H,5-6,8-9,12H2,1-3H3/b7-4-. The highest BCUT2D eigenvalue weighted by Crippen LogP contribution is 2.17. The van der Waals surface area contributed by atoms with E-state index in [1.165, 1.54) is 12.8 Å². The van der Waals surface area contributed by atoms with Gasteiger partial charge >= 0.3 is 0 Å². The van der Waals surface area contributed by atoms with Gasteiger partial charge in [-0.2, -0.15) is 0 Å². The zero-order valence-electron chi connectivity index (χ0n) is 8.72. The van der Waals surface area contributed by atoms with Crippen molar-refractivity contribution in [2.75, 3.05) is 0 Å². The Balaban J connectivity index is 3.84. The van der Waals surface area contributed by atoms with Crippen molar-refractivity contribution >= 4 is 0 Å². The molecule has 0 aromatic heterocycles. The van der Waals surface area contributed by atoms with Crippen LogP contribution in [0.2, 0.25) is 0 Å². The van der Waals surface area contributed by atoms with Crippen LogP contribution in [0.5, 0.6) is 0 Å². The maximum absolute atomic E-state index is 6.01. The number of hydrogen-bond donors (Lipinski definition) is 1. The van der Waals surface area contributed by atoms with Crippen LogP contribution in [0.15, 0.2) is 12.2 Å². The van der Waals surface area contributed by atoms with Gasteiger partial charge in [0.05, 0.1) is 0 Å². The van der Waals surface area contributed by atoms with Crippen molar-refractivity contribution in [2.24, 2.45) is 11.7 Å². The molecule has 0 aromatic rings. The van der Waals surface area contributed by atoms with Crippen LogP contribution in [0.25, 0.3) is 0 Å². The summed E-state index contributed by atoms with van der Waals surface area (Å²) in [5.41, 5.74) is 6.01. The molecule has 0 radical (unpaired) electrons. The number of rotatable bonds is 6. The van der Waals surface area contributed by atoms with Crippen LogP contribution < -0.4 is 5.73 Å². The van der Waals surface area contributed by atoms with Gasteiger partial charge in [0.15, 0.2) is 0 Å². The summed E-state index contributed by atoms with van der Waals surface area (Å²) in [5.74, 6) is 0.691. The summed E-state index contributed by atoms with van der Waals surface area (Å²) in [6, 6.07) is 0.390. The fraction of sp³-hybridized carbons (Fsp3) is 0.818. The van der Waals surface area contributed by atoms with Crippen LogP contribution >= 0.6 is 0 Å². The monoisotopic (exact) mass is 169 g/mol. The van der Waals surface area contributed by atoms with E-state index in [-0.39, 0.29) is 0 Å². The Morgan fingerprint density at radius 2 is 2.00 bits per heavy atom. The van der Waals surface area contributed by atoms with Gasteiger partial charge < -0.3 is 5.73 Å². The first-order valence-electron chi connectivity index (χ1n) is 5.12. The summed E-state index contributed by atoms with van der Waals surface area (Å²) in [6.45, 7) is 6.47. The van der Waals surface area contributed by atoms with E-state index >= 15 is 0 Å². The second-order valence-electron chi connectivity index (χ2n) is 3.43. The highest BCUT2D eigenvalue weighted by Gasteiger charge is 2.12. The molecule has 0 saturated carbocycles. The Bertz CT molecular complexity index is 118. The van der Waals surface area contributed by atoms with Crippen LogP contribution in [0.4, 0.5) is 0 Å². The molecule has 0 aliphatic heterocycles. The summed E-state index contributed by atoms with van der Waals surface area (Å²) in [6.07, 6.45) is 9.11. The highest BCUT2D eigenvalue weighted by molar-refractivity contribution is 4.84. The Morgan fingerprint density at radius 3 is 2.42 bits per heavy atom.